The number of nitrogens with one attached hydrogen (secondary N) is 1. The number of hydrogen-bond donors (Lipinski definition) is 1. The lowest BCUT2D eigenvalue weighted by atomic mass is 10.1. The van der Waals surface area contributed by atoms with E-state index in [1.807, 2.05) is 6.07 Å². The van der Waals surface area contributed by atoms with Crippen LogP contribution in [0, 0.1) is 0 Å². The van der Waals surface area contributed by atoms with Gasteiger partial charge in [0.25, 0.3) is 5.91 Å². The molecule has 1 aromatic heterocycles. The molecule has 6 nitrogen and oxygen atoms in total. The topological polar surface area (TPSA) is 60.0 Å². The number of benzene rings is 1. The lowest BCUT2D eigenvalue weighted by molar-refractivity contribution is 0.0169. The molecule has 0 spiro atoms. The Morgan fingerprint density at radius 1 is 1.33 bits per heavy atom. The van der Waals surface area contributed by atoms with Crippen molar-refractivity contribution in [1.29, 1.82) is 0 Å². The first kappa shape index (κ1) is 19.9. The van der Waals surface area contributed by atoms with Crippen molar-refractivity contribution in [1.82, 2.24) is 10.2 Å². The molecule has 0 saturated carbocycles. The third-order valence-electron chi connectivity index (χ3n) is 4.51. The van der Waals surface area contributed by atoms with Gasteiger partial charge < -0.3 is 19.5 Å². The summed E-state index contributed by atoms with van der Waals surface area (Å²) in [5, 5.41) is 5.42. The van der Waals surface area contributed by atoms with Crippen molar-refractivity contribution in [3.8, 4) is 11.5 Å². The van der Waals surface area contributed by atoms with Crippen LogP contribution in [0.1, 0.15) is 21.3 Å². The number of halogens is 1. The number of rotatable bonds is 7. The van der Waals surface area contributed by atoms with Gasteiger partial charge in [-0.2, -0.15) is 0 Å². The monoisotopic (exact) mass is 410 g/mol. The molecule has 1 atom stereocenters. The van der Waals surface area contributed by atoms with Crippen LogP contribution in [0.4, 0.5) is 0 Å². The number of thiophene rings is 1. The van der Waals surface area contributed by atoms with Gasteiger partial charge in [-0.3, -0.25) is 9.69 Å². The summed E-state index contributed by atoms with van der Waals surface area (Å²) in [7, 11) is 3.03. The van der Waals surface area contributed by atoms with E-state index in [1.165, 1.54) is 19.1 Å². The summed E-state index contributed by atoms with van der Waals surface area (Å²) in [5.74, 6) is 0.645. The fourth-order valence-corrected chi connectivity index (χ4v) is 4.27. The number of methoxy groups -OCH3 is 2. The summed E-state index contributed by atoms with van der Waals surface area (Å²) >= 11 is 7.91. The normalized spacial score (nSPS) is 16.0. The highest BCUT2D eigenvalue weighted by molar-refractivity contribution is 7.10. The van der Waals surface area contributed by atoms with E-state index in [-0.39, 0.29) is 11.9 Å². The Hall–Kier alpha value is -1.80. The maximum atomic E-state index is 12.7. The van der Waals surface area contributed by atoms with E-state index >= 15 is 0 Å². The van der Waals surface area contributed by atoms with Crippen LogP contribution in [-0.4, -0.2) is 57.9 Å². The standard InChI is InChI=1S/C19H23ClN2O4S/c1-24-16-11-13(10-14(20)18(16)25-2)19(23)21-12-15(17-4-3-9-27-17)22-5-7-26-8-6-22/h3-4,9-11,15H,5-8,12H2,1-2H3,(H,21,23). The maximum Gasteiger partial charge on any atom is 0.251 e. The molecule has 0 bridgehead atoms. The number of carbonyl (C=O) groups excluding carboxylic acids is 1. The Bertz CT molecular complexity index is 763. The van der Waals surface area contributed by atoms with Gasteiger partial charge in [-0.1, -0.05) is 17.7 Å². The molecule has 27 heavy (non-hydrogen) atoms. The molecule has 1 aliphatic rings. The predicted molar refractivity (Wildman–Crippen MR) is 106 cm³/mol. The van der Waals surface area contributed by atoms with Gasteiger partial charge >= 0.3 is 0 Å². The first-order chi connectivity index (χ1) is 13.1. The second-order valence-electron chi connectivity index (χ2n) is 6.08. The first-order valence-electron chi connectivity index (χ1n) is 8.69. The van der Waals surface area contributed by atoms with Crippen LogP contribution < -0.4 is 14.8 Å². The summed E-state index contributed by atoms with van der Waals surface area (Å²) in [6.45, 7) is 3.62. The summed E-state index contributed by atoms with van der Waals surface area (Å²) in [4.78, 5) is 16.3. The average molecular weight is 411 g/mol. The number of morpholine rings is 1. The zero-order valence-corrected chi connectivity index (χ0v) is 16.9. The van der Waals surface area contributed by atoms with Crippen LogP contribution in [-0.2, 0) is 4.74 Å². The largest absolute Gasteiger partial charge is 0.493 e. The zero-order valence-electron chi connectivity index (χ0n) is 15.4. The Balaban J connectivity index is 1.73. The minimum Gasteiger partial charge on any atom is -0.493 e. The van der Waals surface area contributed by atoms with Gasteiger partial charge in [0.15, 0.2) is 11.5 Å². The van der Waals surface area contributed by atoms with E-state index in [4.69, 9.17) is 25.8 Å². The Kier molecular flexibility index (Phi) is 6.95. The fourth-order valence-electron chi connectivity index (χ4n) is 3.12. The molecule has 1 aromatic carbocycles. The second-order valence-corrected chi connectivity index (χ2v) is 7.47. The van der Waals surface area contributed by atoms with E-state index in [0.717, 1.165) is 13.1 Å². The van der Waals surface area contributed by atoms with Crippen molar-refractivity contribution in [2.24, 2.45) is 0 Å². The van der Waals surface area contributed by atoms with Gasteiger partial charge in [0.1, 0.15) is 0 Å². The highest BCUT2D eigenvalue weighted by Gasteiger charge is 2.24. The van der Waals surface area contributed by atoms with Crippen LogP contribution >= 0.6 is 22.9 Å². The second kappa shape index (κ2) is 9.41. The summed E-state index contributed by atoms with van der Waals surface area (Å²) in [6.07, 6.45) is 0. The van der Waals surface area contributed by atoms with E-state index in [1.54, 1.807) is 23.5 Å². The molecule has 146 valence electrons. The predicted octanol–water partition coefficient (Wildman–Crippen LogP) is 3.22. The van der Waals surface area contributed by atoms with Gasteiger partial charge in [0.05, 0.1) is 38.5 Å². The average Bonchev–Trinajstić information content (AvgIpc) is 3.22. The molecule has 1 aliphatic heterocycles. The molecule has 1 unspecified atom stereocenters. The van der Waals surface area contributed by atoms with Crippen LogP contribution in [0.2, 0.25) is 5.02 Å². The molecule has 1 N–H and O–H groups in total. The summed E-state index contributed by atoms with van der Waals surface area (Å²) < 4.78 is 16.0. The first-order valence-corrected chi connectivity index (χ1v) is 9.94. The lowest BCUT2D eigenvalue weighted by Gasteiger charge is -2.34. The van der Waals surface area contributed by atoms with Crippen LogP contribution in [0.3, 0.4) is 0 Å². The van der Waals surface area contributed by atoms with Gasteiger partial charge in [-0.25, -0.2) is 0 Å². The summed E-state index contributed by atoms with van der Waals surface area (Å²) in [6, 6.07) is 7.48. The number of carbonyl (C=O) groups is 1. The highest BCUT2D eigenvalue weighted by Crippen LogP contribution is 2.36. The van der Waals surface area contributed by atoms with E-state index < -0.39 is 0 Å². The van der Waals surface area contributed by atoms with Crippen molar-refractivity contribution in [2.45, 2.75) is 6.04 Å². The van der Waals surface area contributed by atoms with Crippen LogP contribution in [0.5, 0.6) is 11.5 Å². The quantitative estimate of drug-likeness (QED) is 0.759. The zero-order chi connectivity index (χ0) is 19.2. The molecule has 0 aliphatic carbocycles. The highest BCUT2D eigenvalue weighted by atomic mass is 35.5. The molecule has 3 rings (SSSR count). The minimum atomic E-state index is -0.201. The van der Waals surface area contributed by atoms with E-state index in [9.17, 15) is 4.79 Å². The number of hydrogen-bond acceptors (Lipinski definition) is 6. The van der Waals surface area contributed by atoms with Gasteiger partial charge in [0.2, 0.25) is 0 Å². The van der Waals surface area contributed by atoms with Crippen LogP contribution in [0.15, 0.2) is 29.6 Å². The number of amides is 1. The van der Waals surface area contributed by atoms with Crippen LogP contribution in [0.25, 0.3) is 0 Å². The Morgan fingerprint density at radius 3 is 2.74 bits per heavy atom. The van der Waals surface area contributed by atoms with Gasteiger partial charge in [-0.05, 0) is 23.6 Å². The van der Waals surface area contributed by atoms with Crippen molar-refractivity contribution < 1.29 is 19.0 Å². The van der Waals surface area contributed by atoms with E-state index in [0.29, 0.717) is 41.8 Å². The van der Waals surface area contributed by atoms with Gasteiger partial charge in [-0.15, -0.1) is 11.3 Å². The number of nitrogens with zero attached hydrogens (tertiary/aromatic N) is 1. The number of ether oxygens (including phenoxy) is 3. The minimum absolute atomic E-state index is 0.119. The Morgan fingerprint density at radius 2 is 2.11 bits per heavy atom. The molecule has 8 heteroatoms. The summed E-state index contributed by atoms with van der Waals surface area (Å²) in [5.41, 5.74) is 0.435. The molecule has 1 fully saturated rings. The van der Waals surface area contributed by atoms with Crippen molar-refractivity contribution >= 4 is 28.8 Å². The fraction of sp³-hybridized carbons (Fsp3) is 0.421. The molecule has 0 radical (unpaired) electrons. The smallest absolute Gasteiger partial charge is 0.251 e. The lowest BCUT2D eigenvalue weighted by Crippen LogP contribution is -2.43. The van der Waals surface area contributed by atoms with Crippen molar-refractivity contribution in [2.75, 3.05) is 47.1 Å². The molecule has 1 amide bonds. The van der Waals surface area contributed by atoms with Gasteiger partial charge in [0, 0.05) is 30.1 Å². The molecule has 2 aromatic rings. The SMILES string of the molecule is COc1cc(C(=O)NCC(c2cccs2)N2CCOCC2)cc(Cl)c1OC. The third kappa shape index (κ3) is 4.73. The third-order valence-corrected chi connectivity index (χ3v) is 5.76. The molecular weight excluding hydrogens is 388 g/mol. The maximum absolute atomic E-state index is 12.7. The van der Waals surface area contributed by atoms with Crippen molar-refractivity contribution in [3.05, 3.63) is 45.1 Å². The van der Waals surface area contributed by atoms with Crippen molar-refractivity contribution in [3.63, 3.8) is 0 Å². The van der Waals surface area contributed by atoms with E-state index in [2.05, 4.69) is 21.7 Å². The Labute approximate surface area is 168 Å². The molecular formula is C19H23ClN2O4S. The molecule has 1 saturated heterocycles. The molecule has 2 heterocycles.